The molecule has 0 aliphatic carbocycles. The Morgan fingerprint density at radius 3 is 0.603 bits per heavy atom. The molecular weight excluding hydrogens is 817 g/mol. The lowest BCUT2D eigenvalue weighted by atomic mass is 10.0. The Hall–Kier alpha value is -5.44. The maximum atomic E-state index is 3.86. The van der Waals surface area contributed by atoms with E-state index in [1.807, 2.05) is 80.2 Å². The minimum absolute atomic E-state index is 1.14. The van der Waals surface area contributed by atoms with E-state index in [9.17, 15) is 0 Å². The van der Waals surface area contributed by atoms with Crippen molar-refractivity contribution >= 4 is 80.2 Å². The lowest BCUT2D eigenvalue weighted by Gasteiger charge is -2.04. The van der Waals surface area contributed by atoms with Gasteiger partial charge in [-0.1, -0.05) is 122 Å². The van der Waals surface area contributed by atoms with Crippen LogP contribution in [0.25, 0.3) is 104 Å². The zero-order chi connectivity index (χ0) is 39.0. The molecule has 0 spiro atoms. The van der Waals surface area contributed by atoms with Crippen molar-refractivity contribution in [3.05, 3.63) is 194 Å². The molecule has 0 radical (unpaired) electrons. The first-order valence-corrected chi connectivity index (χ1v) is 23.7. The average Bonchev–Trinajstić information content (AvgIpc) is 4.13. The number of thiophene rings is 6. The van der Waals surface area contributed by atoms with Crippen molar-refractivity contribution < 1.29 is 0 Å². The molecule has 4 aromatic carbocycles. The first-order valence-electron chi connectivity index (χ1n) is 18.8. The maximum absolute atomic E-state index is 3.86. The Kier molecular flexibility index (Phi) is 10.2. The Labute approximate surface area is 363 Å². The van der Waals surface area contributed by atoms with Crippen LogP contribution in [0.1, 0.15) is 11.1 Å². The highest BCUT2D eigenvalue weighted by molar-refractivity contribution is 7.30. The summed E-state index contributed by atoms with van der Waals surface area (Å²) in [4.78, 5) is 15.7. The molecule has 0 saturated heterocycles. The van der Waals surface area contributed by atoms with Crippen molar-refractivity contribution in [3.63, 3.8) is 0 Å². The molecule has 0 N–H and O–H groups in total. The summed E-state index contributed by atoms with van der Waals surface area (Å²) in [6, 6.07) is 62.2. The van der Waals surface area contributed by atoms with Crippen LogP contribution in [0.15, 0.2) is 183 Å². The molecule has 0 unspecified atom stereocenters. The summed E-state index contributed by atoms with van der Waals surface area (Å²) in [6.07, 6.45) is 3.76. The Morgan fingerprint density at radius 2 is 0.379 bits per heavy atom. The van der Waals surface area contributed by atoms with Crippen LogP contribution in [0, 0.1) is 0 Å². The van der Waals surface area contributed by atoms with E-state index in [2.05, 4.69) is 183 Å². The fraction of sp³-hybridized carbons (Fsp3) is 0. The highest BCUT2D eigenvalue weighted by Crippen LogP contribution is 2.47. The van der Waals surface area contributed by atoms with Gasteiger partial charge in [0.2, 0.25) is 0 Å². The lowest BCUT2D eigenvalue weighted by Crippen LogP contribution is -1.79. The van der Waals surface area contributed by atoms with Crippen molar-refractivity contribution in [2.45, 2.75) is 0 Å². The summed E-state index contributed by atoms with van der Waals surface area (Å²) in [5.41, 5.74) is 9.67. The second-order valence-corrected chi connectivity index (χ2v) is 20.3. The molecule has 0 saturated carbocycles. The summed E-state index contributed by atoms with van der Waals surface area (Å²) < 4.78 is 0. The molecule has 0 nitrogen and oxygen atoms in total. The predicted octanol–water partition coefficient (Wildman–Crippen LogP) is 18.3. The molecule has 0 aliphatic heterocycles. The smallest absolute Gasteiger partial charge is 0.0449 e. The van der Waals surface area contributed by atoms with Gasteiger partial charge in [-0.2, -0.15) is 0 Å². The maximum Gasteiger partial charge on any atom is 0.0449 e. The second kappa shape index (κ2) is 16.1. The van der Waals surface area contributed by atoms with Crippen molar-refractivity contribution in [1.29, 1.82) is 0 Å². The van der Waals surface area contributed by atoms with Gasteiger partial charge in [0, 0.05) is 58.5 Å². The van der Waals surface area contributed by atoms with Crippen molar-refractivity contribution in [2.24, 2.45) is 0 Å². The van der Waals surface area contributed by atoms with Crippen molar-refractivity contribution in [1.82, 2.24) is 0 Å². The molecule has 0 aliphatic rings. The molecular formula is C52H34S6. The Morgan fingerprint density at radius 1 is 0.207 bits per heavy atom. The van der Waals surface area contributed by atoms with E-state index in [4.69, 9.17) is 0 Å². The summed E-state index contributed by atoms with van der Waals surface area (Å²) in [5, 5.41) is 0. The molecule has 10 rings (SSSR count). The third kappa shape index (κ3) is 7.51. The summed E-state index contributed by atoms with van der Waals surface area (Å²) in [6.45, 7) is 7.73. The normalized spacial score (nSPS) is 11.2. The van der Waals surface area contributed by atoms with Crippen LogP contribution in [-0.2, 0) is 0 Å². The van der Waals surface area contributed by atoms with E-state index in [1.54, 1.807) is 0 Å². The first kappa shape index (κ1) is 36.9. The van der Waals surface area contributed by atoms with Crippen LogP contribution in [0.2, 0.25) is 0 Å². The molecule has 0 fully saturated rings. The highest BCUT2D eigenvalue weighted by atomic mass is 32.1. The van der Waals surface area contributed by atoms with Gasteiger partial charge in [0.05, 0.1) is 0 Å². The predicted molar refractivity (Wildman–Crippen MR) is 263 cm³/mol. The highest BCUT2D eigenvalue weighted by Gasteiger charge is 2.15. The third-order valence-electron chi connectivity index (χ3n) is 10.1. The lowest BCUT2D eigenvalue weighted by molar-refractivity contribution is 1.60. The molecule has 0 amide bonds. The van der Waals surface area contributed by atoms with Crippen LogP contribution < -0.4 is 0 Å². The average molecular weight is 851 g/mol. The van der Waals surface area contributed by atoms with Gasteiger partial charge in [-0.3, -0.25) is 0 Å². The molecule has 58 heavy (non-hydrogen) atoms. The molecule has 0 bridgehead atoms. The molecule has 6 heterocycles. The molecule has 278 valence electrons. The zero-order valence-corrected chi connectivity index (χ0v) is 36.1. The number of benzene rings is 4. The van der Waals surface area contributed by atoms with E-state index in [0.717, 1.165) is 11.1 Å². The number of rotatable bonds is 11. The number of hydrogen-bond acceptors (Lipinski definition) is 6. The molecule has 6 aromatic heterocycles. The molecule has 6 heteroatoms. The van der Waals surface area contributed by atoms with E-state index >= 15 is 0 Å². The topological polar surface area (TPSA) is 0 Å². The summed E-state index contributed by atoms with van der Waals surface area (Å²) >= 11 is 11.3. The first-order chi connectivity index (χ1) is 28.6. The van der Waals surface area contributed by atoms with E-state index < -0.39 is 0 Å². The second-order valence-electron chi connectivity index (χ2n) is 13.8. The van der Waals surface area contributed by atoms with Gasteiger partial charge in [-0.05, 0) is 117 Å². The summed E-state index contributed by atoms with van der Waals surface area (Å²) in [5.74, 6) is 0. The van der Waals surface area contributed by atoms with Gasteiger partial charge >= 0.3 is 0 Å². The fourth-order valence-electron chi connectivity index (χ4n) is 6.94. The van der Waals surface area contributed by atoms with Gasteiger partial charge in [-0.15, -0.1) is 68.0 Å². The van der Waals surface area contributed by atoms with Crippen molar-refractivity contribution in [3.8, 4) is 91.9 Å². The van der Waals surface area contributed by atoms with Crippen LogP contribution in [-0.4, -0.2) is 0 Å². The van der Waals surface area contributed by atoms with Gasteiger partial charge in [0.1, 0.15) is 0 Å². The van der Waals surface area contributed by atoms with Gasteiger partial charge in [0.25, 0.3) is 0 Å². The molecule has 10 aromatic rings. The van der Waals surface area contributed by atoms with Gasteiger partial charge < -0.3 is 0 Å². The zero-order valence-electron chi connectivity index (χ0n) is 31.2. The van der Waals surface area contributed by atoms with Crippen LogP contribution >= 0.6 is 68.0 Å². The van der Waals surface area contributed by atoms with Gasteiger partial charge in [0.15, 0.2) is 0 Å². The minimum atomic E-state index is 1.14. The quantitative estimate of drug-likeness (QED) is 0.122. The fourth-order valence-corrected chi connectivity index (χ4v) is 13.4. The third-order valence-corrected chi connectivity index (χ3v) is 17.7. The molecule has 0 atom stereocenters. The van der Waals surface area contributed by atoms with E-state index in [-0.39, 0.29) is 0 Å². The monoisotopic (exact) mass is 850 g/mol. The largest absolute Gasteiger partial charge is 0.134 e. The van der Waals surface area contributed by atoms with Crippen LogP contribution in [0.5, 0.6) is 0 Å². The Balaban J connectivity index is 0.796. The van der Waals surface area contributed by atoms with Crippen molar-refractivity contribution in [2.75, 3.05) is 0 Å². The van der Waals surface area contributed by atoms with Gasteiger partial charge in [-0.25, -0.2) is 0 Å². The SMILES string of the molecule is C=Cc1ccc(-c2ccc(-c3ccc(-c4ccc(-c5ccc(-c6ccc(-c7ccc(-c8ccc(-c9ccc(-c%10ccc(C=C)cc%10)cc9)s8)s7)s6)s5)s4)s3)cc2)cc1. The summed E-state index contributed by atoms with van der Waals surface area (Å²) in [7, 11) is 0. The van der Waals surface area contributed by atoms with E-state index in [0.29, 0.717) is 0 Å². The van der Waals surface area contributed by atoms with E-state index in [1.165, 1.54) is 91.9 Å². The Bertz CT molecular complexity index is 2800. The van der Waals surface area contributed by atoms with Crippen LogP contribution in [0.3, 0.4) is 0 Å². The number of hydrogen-bond donors (Lipinski definition) is 0. The van der Waals surface area contributed by atoms with Crippen LogP contribution in [0.4, 0.5) is 0 Å². The standard InChI is InChI=1S/C52H34S6/c1-3-33-5-9-35(10-6-33)37-13-17-39(18-14-37)41-21-23-43(53-41)45-25-27-47(55-45)49-29-31-51(57-49)52-32-30-50(58-52)48-28-26-46(56-48)44-24-22-42(54-44)40-19-15-38(16-20-40)36-11-7-34(4-2)8-12-36/h3-32H,1-2H2. The minimum Gasteiger partial charge on any atom is -0.134 e.